The number of benzene rings is 3. The molecule has 3 aromatic rings. The fraction of sp³-hybridized carbons (Fsp3) is 0.310. The van der Waals surface area contributed by atoms with E-state index in [9.17, 15) is 18.0 Å². The third-order valence-electron chi connectivity index (χ3n) is 6.39. The van der Waals surface area contributed by atoms with Crippen LogP contribution in [-0.2, 0) is 26.2 Å². The van der Waals surface area contributed by atoms with Crippen LogP contribution in [0.25, 0.3) is 0 Å². The quantitative estimate of drug-likeness (QED) is 0.376. The van der Waals surface area contributed by atoms with Gasteiger partial charge < -0.3 is 10.2 Å². The number of carbonyl (C=O) groups is 2. The van der Waals surface area contributed by atoms with Crippen LogP contribution in [0.1, 0.15) is 43.4 Å². The van der Waals surface area contributed by atoms with E-state index in [0.29, 0.717) is 10.7 Å². The van der Waals surface area contributed by atoms with Crippen LogP contribution >= 0.6 is 11.6 Å². The third kappa shape index (κ3) is 6.94. The van der Waals surface area contributed by atoms with Gasteiger partial charge in [-0.05, 0) is 67.3 Å². The first-order chi connectivity index (χ1) is 17.9. The molecule has 0 spiro atoms. The molecule has 202 valence electrons. The highest BCUT2D eigenvalue weighted by atomic mass is 35.5. The Bertz CT molecular complexity index is 1370. The Morgan fingerprint density at radius 3 is 2.13 bits per heavy atom. The summed E-state index contributed by atoms with van der Waals surface area (Å²) >= 11 is 6.15. The van der Waals surface area contributed by atoms with E-state index in [1.165, 1.54) is 24.1 Å². The lowest BCUT2D eigenvalue weighted by Gasteiger charge is -2.32. The highest BCUT2D eigenvalue weighted by Gasteiger charge is 2.32. The molecule has 0 saturated carbocycles. The van der Waals surface area contributed by atoms with Gasteiger partial charge in [0.15, 0.2) is 0 Å². The van der Waals surface area contributed by atoms with Crippen molar-refractivity contribution in [3.63, 3.8) is 0 Å². The molecule has 2 amide bonds. The van der Waals surface area contributed by atoms with Gasteiger partial charge in [0, 0.05) is 18.6 Å². The summed E-state index contributed by atoms with van der Waals surface area (Å²) in [6.45, 7) is 7.17. The maximum atomic E-state index is 13.8. The van der Waals surface area contributed by atoms with Crippen LogP contribution in [0.15, 0.2) is 77.7 Å². The van der Waals surface area contributed by atoms with Gasteiger partial charge >= 0.3 is 0 Å². The van der Waals surface area contributed by atoms with E-state index in [1.807, 2.05) is 32.9 Å². The Morgan fingerprint density at radius 2 is 1.58 bits per heavy atom. The number of hydrogen-bond donors (Lipinski definition) is 1. The summed E-state index contributed by atoms with van der Waals surface area (Å²) in [5, 5.41) is 3.07. The number of nitrogens with one attached hydrogen (secondary N) is 1. The summed E-state index contributed by atoms with van der Waals surface area (Å²) in [5.41, 5.74) is 3.04. The largest absolute Gasteiger partial charge is 0.357 e. The van der Waals surface area contributed by atoms with E-state index >= 15 is 0 Å². The number of sulfonamides is 1. The van der Waals surface area contributed by atoms with Gasteiger partial charge in [0.1, 0.15) is 12.6 Å². The second-order valence-electron chi connectivity index (χ2n) is 9.51. The molecule has 0 fully saturated rings. The first-order valence-electron chi connectivity index (χ1n) is 12.4. The molecule has 0 radical (unpaired) electrons. The van der Waals surface area contributed by atoms with Crippen LogP contribution in [0.4, 0.5) is 5.69 Å². The molecule has 38 heavy (non-hydrogen) atoms. The van der Waals surface area contributed by atoms with E-state index in [1.54, 1.807) is 55.5 Å². The van der Waals surface area contributed by atoms with Crippen molar-refractivity contribution in [3.8, 4) is 0 Å². The Kier molecular flexibility index (Phi) is 9.57. The van der Waals surface area contributed by atoms with Gasteiger partial charge in [-0.15, -0.1) is 0 Å². The van der Waals surface area contributed by atoms with Crippen molar-refractivity contribution in [1.29, 1.82) is 0 Å². The van der Waals surface area contributed by atoms with Gasteiger partial charge in [-0.2, -0.15) is 0 Å². The lowest BCUT2D eigenvalue weighted by Crippen LogP contribution is -2.50. The van der Waals surface area contributed by atoms with Gasteiger partial charge in [-0.1, -0.05) is 67.4 Å². The standard InChI is InChI=1S/C29H34ClN3O4S/c1-20(2)24-11-13-26(14-12-24)33(38(36,37)27-15-9-21(3)10-16-27)19-28(34)32(22(4)29(35)31-5)18-23-7-6-8-25(30)17-23/h6-17,20,22H,18-19H2,1-5H3,(H,31,35)/t22-/m1/s1. The van der Waals surface area contributed by atoms with E-state index in [0.717, 1.165) is 21.0 Å². The van der Waals surface area contributed by atoms with Crippen LogP contribution in [0.2, 0.25) is 5.02 Å². The highest BCUT2D eigenvalue weighted by Crippen LogP contribution is 2.27. The number of aryl methyl sites for hydroxylation is 1. The minimum atomic E-state index is -4.10. The zero-order chi connectivity index (χ0) is 28.0. The Labute approximate surface area is 230 Å². The molecule has 0 unspecified atom stereocenters. The summed E-state index contributed by atoms with van der Waals surface area (Å²) in [5.74, 6) is -0.631. The molecule has 0 bridgehead atoms. The van der Waals surface area contributed by atoms with Crippen LogP contribution in [-0.4, -0.2) is 44.8 Å². The maximum Gasteiger partial charge on any atom is 0.264 e. The molecule has 0 aromatic heterocycles. The van der Waals surface area contributed by atoms with E-state index in [-0.39, 0.29) is 23.3 Å². The van der Waals surface area contributed by atoms with Crippen molar-refractivity contribution >= 4 is 39.1 Å². The van der Waals surface area contributed by atoms with Gasteiger partial charge in [0.2, 0.25) is 11.8 Å². The van der Waals surface area contributed by atoms with Gasteiger partial charge in [-0.25, -0.2) is 8.42 Å². The smallest absolute Gasteiger partial charge is 0.264 e. The van der Waals surface area contributed by atoms with Crippen LogP contribution in [0.5, 0.6) is 0 Å². The first-order valence-corrected chi connectivity index (χ1v) is 14.2. The molecule has 0 aliphatic heterocycles. The fourth-order valence-corrected chi connectivity index (χ4v) is 5.64. The number of amides is 2. The molecule has 0 saturated heterocycles. The molecule has 0 aliphatic rings. The molecular weight excluding hydrogens is 522 g/mol. The van der Waals surface area contributed by atoms with E-state index in [4.69, 9.17) is 11.6 Å². The highest BCUT2D eigenvalue weighted by molar-refractivity contribution is 7.92. The molecule has 1 N–H and O–H groups in total. The SMILES string of the molecule is CNC(=O)[C@@H](C)N(Cc1cccc(Cl)c1)C(=O)CN(c1ccc(C(C)C)cc1)S(=O)(=O)c1ccc(C)cc1. The Balaban J connectivity index is 2.04. The number of carbonyl (C=O) groups excluding carboxylic acids is 2. The lowest BCUT2D eigenvalue weighted by molar-refractivity contribution is -0.139. The predicted octanol–water partition coefficient (Wildman–Crippen LogP) is 5.13. The molecule has 1 atom stereocenters. The van der Waals surface area contributed by atoms with Crippen molar-refractivity contribution in [1.82, 2.24) is 10.2 Å². The van der Waals surface area contributed by atoms with Crippen molar-refractivity contribution in [2.75, 3.05) is 17.9 Å². The maximum absolute atomic E-state index is 13.8. The van der Waals surface area contributed by atoms with E-state index in [2.05, 4.69) is 5.32 Å². The normalized spacial score (nSPS) is 12.2. The zero-order valence-electron chi connectivity index (χ0n) is 22.3. The second kappa shape index (κ2) is 12.5. The predicted molar refractivity (Wildman–Crippen MR) is 152 cm³/mol. The fourth-order valence-electron chi connectivity index (χ4n) is 4.02. The Hall–Kier alpha value is -3.36. The molecular formula is C29H34ClN3O4S. The van der Waals surface area contributed by atoms with E-state index < -0.39 is 28.5 Å². The lowest BCUT2D eigenvalue weighted by atomic mass is 10.0. The van der Waals surface area contributed by atoms with Crippen LogP contribution in [0.3, 0.4) is 0 Å². The zero-order valence-corrected chi connectivity index (χ0v) is 23.9. The average Bonchev–Trinajstić information content (AvgIpc) is 2.89. The molecule has 3 rings (SSSR count). The molecule has 7 nitrogen and oxygen atoms in total. The third-order valence-corrected chi connectivity index (χ3v) is 8.41. The average molecular weight is 556 g/mol. The second-order valence-corrected chi connectivity index (χ2v) is 11.8. The monoisotopic (exact) mass is 555 g/mol. The summed E-state index contributed by atoms with van der Waals surface area (Å²) < 4.78 is 28.8. The van der Waals surface area contributed by atoms with Crippen molar-refractivity contribution in [2.45, 2.75) is 51.1 Å². The summed E-state index contributed by atoms with van der Waals surface area (Å²) in [4.78, 5) is 27.8. The number of anilines is 1. The topological polar surface area (TPSA) is 86.8 Å². The van der Waals surface area contributed by atoms with Crippen LogP contribution in [0, 0.1) is 6.92 Å². The van der Waals surface area contributed by atoms with Gasteiger partial charge in [-0.3, -0.25) is 13.9 Å². The molecule has 9 heteroatoms. The van der Waals surface area contributed by atoms with Crippen molar-refractivity contribution in [2.24, 2.45) is 0 Å². The number of likely N-dealkylation sites (N-methyl/N-ethyl adjacent to an activating group) is 1. The Morgan fingerprint density at radius 1 is 0.947 bits per heavy atom. The van der Waals surface area contributed by atoms with Crippen molar-refractivity contribution in [3.05, 3.63) is 94.5 Å². The number of halogens is 1. The number of nitrogens with zero attached hydrogens (tertiary/aromatic N) is 2. The van der Waals surface area contributed by atoms with Gasteiger partial charge in [0.25, 0.3) is 10.0 Å². The van der Waals surface area contributed by atoms with Crippen molar-refractivity contribution < 1.29 is 18.0 Å². The van der Waals surface area contributed by atoms with Gasteiger partial charge in [0.05, 0.1) is 10.6 Å². The molecule has 0 heterocycles. The summed E-state index contributed by atoms with van der Waals surface area (Å²) in [6, 6.07) is 19.8. The number of hydrogen-bond acceptors (Lipinski definition) is 4. The minimum Gasteiger partial charge on any atom is -0.357 e. The summed E-state index contributed by atoms with van der Waals surface area (Å²) in [6.07, 6.45) is 0. The summed E-state index contributed by atoms with van der Waals surface area (Å²) in [7, 11) is -2.61. The first kappa shape index (κ1) is 29.2. The minimum absolute atomic E-state index is 0.0737. The van der Waals surface area contributed by atoms with Crippen LogP contribution < -0.4 is 9.62 Å². The molecule has 3 aromatic carbocycles. The molecule has 0 aliphatic carbocycles. The number of rotatable bonds is 10.